The Morgan fingerprint density at radius 3 is 2.79 bits per heavy atom. The highest BCUT2D eigenvalue weighted by Gasteiger charge is 2.22. The number of benzene rings is 1. The molecule has 3 nitrogen and oxygen atoms in total. The first-order valence-corrected chi connectivity index (χ1v) is 6.58. The minimum atomic E-state index is -1.07. The van der Waals surface area contributed by atoms with Crippen molar-refractivity contribution in [2.24, 2.45) is 5.92 Å². The first-order chi connectivity index (χ1) is 9.06. The minimum absolute atomic E-state index is 0.0287. The maximum absolute atomic E-state index is 13.4. The standard InChI is InChI=1S/C14H19F2NO2/c15-10-2-4-13(16)12(6-10)14(19)8-17-7-9-1-3-11(18)5-9/h2,4,6,9,11,14,17-19H,1,3,5,7-8H2. The van der Waals surface area contributed by atoms with E-state index < -0.39 is 17.7 Å². The average molecular weight is 271 g/mol. The van der Waals surface area contributed by atoms with Gasteiger partial charge in [0.05, 0.1) is 12.2 Å². The second-order valence-corrected chi connectivity index (χ2v) is 5.17. The lowest BCUT2D eigenvalue weighted by atomic mass is 10.1. The molecule has 1 aliphatic carbocycles. The molecule has 0 amide bonds. The molecule has 2 rings (SSSR count). The summed E-state index contributed by atoms with van der Waals surface area (Å²) in [6.45, 7) is 0.845. The molecule has 1 aliphatic rings. The van der Waals surface area contributed by atoms with Gasteiger partial charge in [0, 0.05) is 12.1 Å². The van der Waals surface area contributed by atoms with Gasteiger partial charge < -0.3 is 15.5 Å². The molecular weight excluding hydrogens is 252 g/mol. The highest BCUT2D eigenvalue weighted by molar-refractivity contribution is 5.21. The van der Waals surface area contributed by atoms with E-state index in [9.17, 15) is 19.0 Å². The smallest absolute Gasteiger partial charge is 0.129 e. The van der Waals surface area contributed by atoms with E-state index in [2.05, 4.69) is 5.32 Å². The van der Waals surface area contributed by atoms with Crippen molar-refractivity contribution in [1.29, 1.82) is 0 Å². The second kappa shape index (κ2) is 6.41. The van der Waals surface area contributed by atoms with Crippen molar-refractivity contribution in [1.82, 2.24) is 5.32 Å². The van der Waals surface area contributed by atoms with Gasteiger partial charge in [0.15, 0.2) is 0 Å². The number of nitrogens with one attached hydrogen (secondary N) is 1. The quantitative estimate of drug-likeness (QED) is 0.764. The SMILES string of the molecule is OC1CCC(CNCC(O)c2cc(F)ccc2F)C1. The number of hydrogen-bond donors (Lipinski definition) is 3. The third kappa shape index (κ3) is 3.96. The molecule has 19 heavy (non-hydrogen) atoms. The van der Waals surface area contributed by atoms with Crippen LogP contribution in [0, 0.1) is 17.6 Å². The molecular formula is C14H19F2NO2. The molecule has 1 aromatic carbocycles. The van der Waals surface area contributed by atoms with E-state index in [-0.39, 0.29) is 18.2 Å². The van der Waals surface area contributed by atoms with Crippen molar-refractivity contribution < 1.29 is 19.0 Å². The van der Waals surface area contributed by atoms with Gasteiger partial charge in [-0.25, -0.2) is 8.78 Å². The number of aliphatic hydroxyl groups is 2. The zero-order valence-electron chi connectivity index (χ0n) is 10.6. The van der Waals surface area contributed by atoms with Crippen LogP contribution >= 0.6 is 0 Å². The van der Waals surface area contributed by atoms with Crippen LogP contribution in [0.5, 0.6) is 0 Å². The van der Waals surface area contributed by atoms with Crippen LogP contribution < -0.4 is 5.32 Å². The summed E-state index contributed by atoms with van der Waals surface area (Å²) < 4.78 is 26.4. The first-order valence-electron chi connectivity index (χ1n) is 6.58. The lowest BCUT2D eigenvalue weighted by Crippen LogP contribution is -2.27. The topological polar surface area (TPSA) is 52.5 Å². The molecule has 3 atom stereocenters. The molecule has 3 N–H and O–H groups in total. The van der Waals surface area contributed by atoms with Gasteiger partial charge in [-0.05, 0) is 49.9 Å². The summed E-state index contributed by atoms with van der Waals surface area (Å²) >= 11 is 0. The number of rotatable bonds is 5. The third-order valence-electron chi connectivity index (χ3n) is 3.60. The highest BCUT2D eigenvalue weighted by atomic mass is 19.1. The molecule has 0 saturated heterocycles. The molecule has 0 heterocycles. The van der Waals surface area contributed by atoms with Crippen LogP contribution in [0.25, 0.3) is 0 Å². The summed E-state index contributed by atoms with van der Waals surface area (Å²) in [7, 11) is 0. The van der Waals surface area contributed by atoms with E-state index >= 15 is 0 Å². The summed E-state index contributed by atoms with van der Waals surface area (Å²) in [5.74, 6) is -0.777. The summed E-state index contributed by atoms with van der Waals surface area (Å²) in [6, 6.07) is 3.06. The van der Waals surface area contributed by atoms with E-state index in [4.69, 9.17) is 0 Å². The Labute approximate surface area is 111 Å². The van der Waals surface area contributed by atoms with Gasteiger partial charge in [-0.3, -0.25) is 0 Å². The fourth-order valence-corrected chi connectivity index (χ4v) is 2.54. The van der Waals surface area contributed by atoms with E-state index in [0.717, 1.165) is 37.5 Å². The Balaban J connectivity index is 1.80. The van der Waals surface area contributed by atoms with Gasteiger partial charge >= 0.3 is 0 Å². The highest BCUT2D eigenvalue weighted by Crippen LogP contribution is 2.24. The van der Waals surface area contributed by atoms with Gasteiger partial charge in [-0.2, -0.15) is 0 Å². The maximum Gasteiger partial charge on any atom is 0.129 e. The Bertz CT molecular complexity index is 428. The molecule has 106 valence electrons. The van der Waals surface area contributed by atoms with E-state index in [1.54, 1.807) is 0 Å². The Kier molecular flexibility index (Phi) is 4.85. The Morgan fingerprint density at radius 2 is 2.11 bits per heavy atom. The van der Waals surface area contributed by atoms with Crippen LogP contribution in [0.15, 0.2) is 18.2 Å². The lowest BCUT2D eigenvalue weighted by Gasteiger charge is -2.15. The fraction of sp³-hybridized carbons (Fsp3) is 0.571. The van der Waals surface area contributed by atoms with Crippen molar-refractivity contribution in [2.75, 3.05) is 13.1 Å². The molecule has 1 saturated carbocycles. The summed E-state index contributed by atoms with van der Waals surface area (Å²) in [6.07, 6.45) is 1.24. The third-order valence-corrected chi connectivity index (χ3v) is 3.60. The maximum atomic E-state index is 13.4. The first kappa shape index (κ1) is 14.4. The summed E-state index contributed by atoms with van der Waals surface area (Å²) in [5, 5.41) is 22.3. The van der Waals surface area contributed by atoms with Crippen LogP contribution in [0.2, 0.25) is 0 Å². The molecule has 0 spiro atoms. The molecule has 3 unspecified atom stereocenters. The van der Waals surface area contributed by atoms with Crippen LogP contribution in [0.3, 0.4) is 0 Å². The summed E-state index contributed by atoms with van der Waals surface area (Å²) in [4.78, 5) is 0. The van der Waals surface area contributed by atoms with Gasteiger partial charge in [0.1, 0.15) is 11.6 Å². The monoisotopic (exact) mass is 271 g/mol. The van der Waals surface area contributed by atoms with E-state index in [1.165, 1.54) is 0 Å². The molecule has 0 aliphatic heterocycles. The van der Waals surface area contributed by atoms with Crippen LogP contribution in [-0.2, 0) is 0 Å². The van der Waals surface area contributed by atoms with Crippen LogP contribution in [0.1, 0.15) is 30.9 Å². The molecule has 0 radical (unpaired) electrons. The minimum Gasteiger partial charge on any atom is -0.393 e. The van der Waals surface area contributed by atoms with Crippen LogP contribution in [-0.4, -0.2) is 29.4 Å². The van der Waals surface area contributed by atoms with Crippen LogP contribution in [0.4, 0.5) is 8.78 Å². The van der Waals surface area contributed by atoms with Crippen molar-refractivity contribution in [3.63, 3.8) is 0 Å². The molecule has 1 aromatic rings. The van der Waals surface area contributed by atoms with E-state index in [1.807, 2.05) is 0 Å². The van der Waals surface area contributed by atoms with Gasteiger partial charge in [0.2, 0.25) is 0 Å². The Hall–Kier alpha value is -1.04. The number of hydrogen-bond acceptors (Lipinski definition) is 3. The van der Waals surface area contributed by atoms with Crippen molar-refractivity contribution >= 4 is 0 Å². The molecule has 0 aromatic heterocycles. The molecule has 1 fully saturated rings. The van der Waals surface area contributed by atoms with E-state index in [0.29, 0.717) is 12.5 Å². The zero-order chi connectivity index (χ0) is 13.8. The van der Waals surface area contributed by atoms with Crippen molar-refractivity contribution in [3.8, 4) is 0 Å². The molecule has 5 heteroatoms. The number of aliphatic hydroxyl groups excluding tert-OH is 2. The fourth-order valence-electron chi connectivity index (χ4n) is 2.54. The summed E-state index contributed by atoms with van der Waals surface area (Å²) in [5.41, 5.74) is -0.0287. The Morgan fingerprint density at radius 1 is 1.32 bits per heavy atom. The van der Waals surface area contributed by atoms with Crippen molar-refractivity contribution in [3.05, 3.63) is 35.4 Å². The van der Waals surface area contributed by atoms with Gasteiger partial charge in [-0.15, -0.1) is 0 Å². The van der Waals surface area contributed by atoms with Gasteiger partial charge in [-0.1, -0.05) is 0 Å². The largest absolute Gasteiger partial charge is 0.393 e. The normalized spacial score (nSPS) is 24.6. The predicted molar refractivity (Wildman–Crippen MR) is 67.5 cm³/mol. The predicted octanol–water partition coefficient (Wildman–Crippen LogP) is 1.75. The lowest BCUT2D eigenvalue weighted by molar-refractivity contribution is 0.164. The van der Waals surface area contributed by atoms with Gasteiger partial charge in [0.25, 0.3) is 0 Å². The second-order valence-electron chi connectivity index (χ2n) is 5.17. The average Bonchev–Trinajstić information content (AvgIpc) is 2.78. The number of halogens is 2. The zero-order valence-corrected chi connectivity index (χ0v) is 10.6. The van der Waals surface area contributed by atoms with Crippen molar-refractivity contribution in [2.45, 2.75) is 31.5 Å². The molecule has 0 bridgehead atoms.